The van der Waals surface area contributed by atoms with Gasteiger partial charge in [0.1, 0.15) is 28.4 Å². The number of aryl methyl sites for hydroxylation is 2. The zero-order valence-electron chi connectivity index (χ0n) is 33.3. The van der Waals surface area contributed by atoms with Crippen LogP contribution in [0.25, 0.3) is 33.8 Å². The number of hydrogen-bond donors (Lipinski definition) is 2. The van der Waals surface area contributed by atoms with E-state index >= 15 is 0 Å². The number of nitrogens with one attached hydrogen (secondary N) is 2. The van der Waals surface area contributed by atoms with E-state index in [1.165, 1.54) is 88.5 Å². The van der Waals surface area contributed by atoms with Crippen LogP contribution in [-0.2, 0) is 0 Å². The fraction of sp³-hybridized carbons (Fsp3) is 0.143. The maximum absolute atomic E-state index is 13.3. The molecule has 2 aromatic carbocycles. The summed E-state index contributed by atoms with van der Waals surface area (Å²) < 4.78 is 100. The number of pyridine rings is 2. The number of carbonyl (C=O) groups excluding carboxylic acids is 2. The lowest BCUT2D eigenvalue weighted by Crippen LogP contribution is -2.17. The van der Waals surface area contributed by atoms with Crippen LogP contribution in [0.4, 0.5) is 42.1 Å². The molecule has 21 heteroatoms. The SMILES string of the molecule is CC.Cc1cc(C)c(NC(=O)c2cnn3ccc(-c4ccccc4OC(F)(F)F)nc23)cn1.O=C(Nc1cncc(F)c1)c1cnn2ccc(-c3ccccc3OC(F)(F)F)nc12. The lowest BCUT2D eigenvalue weighted by atomic mass is 10.1. The molecule has 0 saturated carbocycles. The highest BCUT2D eigenvalue weighted by molar-refractivity contribution is 6.09. The Morgan fingerprint density at radius 1 is 0.635 bits per heavy atom. The number of alkyl halides is 6. The first kappa shape index (κ1) is 44.6. The first-order valence-electron chi connectivity index (χ1n) is 18.6. The highest BCUT2D eigenvalue weighted by Crippen LogP contribution is 2.34. The van der Waals surface area contributed by atoms with Gasteiger partial charge in [0.2, 0.25) is 0 Å². The molecule has 8 rings (SSSR count). The van der Waals surface area contributed by atoms with Gasteiger partial charge in [-0.15, -0.1) is 26.3 Å². The third-order valence-corrected chi connectivity index (χ3v) is 8.46. The van der Waals surface area contributed by atoms with E-state index < -0.39 is 41.9 Å². The van der Waals surface area contributed by atoms with Crippen molar-refractivity contribution in [3.8, 4) is 34.0 Å². The number of rotatable bonds is 8. The van der Waals surface area contributed by atoms with Crippen LogP contribution in [0.5, 0.6) is 11.5 Å². The van der Waals surface area contributed by atoms with Gasteiger partial charge in [-0.1, -0.05) is 38.1 Å². The third kappa shape index (κ3) is 11.1. The molecule has 0 bridgehead atoms. The topological polar surface area (TPSA) is 163 Å². The molecule has 14 nitrogen and oxygen atoms in total. The van der Waals surface area contributed by atoms with Crippen LogP contribution < -0.4 is 20.1 Å². The standard InChI is InChI=1S/C21H16F3N5O2.C19H11F4N5O2.C2H6/c1-12-9-13(2)25-11-17(12)28-20(30)15-10-26-29-8-7-16(27-19(15)29)14-5-3-4-6-18(14)31-21(22,23)24;20-11-7-12(9-24-8-11)26-18(29)14-10-25-28-6-5-15(27-17(14)28)13-3-1-2-4-16(13)30-19(21,22)23;1-2/h3-11H,1-2H3,(H,28,30);1-10H,(H,26,29);1-2H3. The Morgan fingerprint density at radius 2 is 1.13 bits per heavy atom. The van der Waals surface area contributed by atoms with Crippen LogP contribution in [-0.4, -0.2) is 63.7 Å². The molecule has 0 spiro atoms. The van der Waals surface area contributed by atoms with E-state index in [9.17, 15) is 40.3 Å². The Balaban J connectivity index is 0.000000202. The van der Waals surface area contributed by atoms with E-state index in [2.05, 4.69) is 50.2 Å². The Hall–Kier alpha value is -7.97. The van der Waals surface area contributed by atoms with Crippen LogP contribution in [0.15, 0.2) is 116 Å². The smallest absolute Gasteiger partial charge is 0.405 e. The maximum atomic E-state index is 13.3. The molecule has 0 radical (unpaired) electrons. The van der Waals surface area contributed by atoms with Crippen molar-refractivity contribution >= 4 is 34.5 Å². The number of anilines is 2. The normalized spacial score (nSPS) is 11.2. The first-order chi connectivity index (χ1) is 30.0. The molecule has 6 aromatic heterocycles. The van der Waals surface area contributed by atoms with Gasteiger partial charge in [0.15, 0.2) is 11.3 Å². The summed E-state index contributed by atoms with van der Waals surface area (Å²) in [6.07, 6.45) is -0.376. The van der Waals surface area contributed by atoms with Crippen LogP contribution >= 0.6 is 0 Å². The molecule has 6 heterocycles. The van der Waals surface area contributed by atoms with Gasteiger partial charge in [0, 0.05) is 35.3 Å². The fourth-order valence-electron chi connectivity index (χ4n) is 5.84. The van der Waals surface area contributed by atoms with Crippen molar-refractivity contribution in [2.75, 3.05) is 10.6 Å². The van der Waals surface area contributed by atoms with Gasteiger partial charge in [-0.25, -0.2) is 23.4 Å². The lowest BCUT2D eigenvalue weighted by molar-refractivity contribution is -0.275. The Kier molecular flexibility index (Phi) is 13.3. The number of para-hydroxylation sites is 2. The largest absolute Gasteiger partial charge is 0.573 e. The lowest BCUT2D eigenvalue weighted by Gasteiger charge is -2.13. The van der Waals surface area contributed by atoms with Crippen LogP contribution in [0.1, 0.15) is 45.8 Å². The summed E-state index contributed by atoms with van der Waals surface area (Å²) >= 11 is 0. The minimum absolute atomic E-state index is 0.0373. The van der Waals surface area contributed by atoms with Crippen molar-refractivity contribution in [2.45, 2.75) is 40.4 Å². The van der Waals surface area contributed by atoms with Crippen LogP contribution in [0.2, 0.25) is 0 Å². The molecule has 2 N–H and O–H groups in total. The van der Waals surface area contributed by atoms with Crippen molar-refractivity contribution in [3.63, 3.8) is 0 Å². The summed E-state index contributed by atoms with van der Waals surface area (Å²) in [6, 6.07) is 17.0. The average Bonchev–Trinajstić information content (AvgIpc) is 3.86. The molecule has 0 aliphatic rings. The molecule has 0 unspecified atom stereocenters. The fourth-order valence-corrected chi connectivity index (χ4v) is 5.84. The van der Waals surface area contributed by atoms with Crippen molar-refractivity contribution in [1.29, 1.82) is 0 Å². The molecule has 324 valence electrons. The number of hydrogen-bond acceptors (Lipinski definition) is 10. The van der Waals surface area contributed by atoms with Gasteiger partial charge in [0.05, 0.1) is 53.7 Å². The highest BCUT2D eigenvalue weighted by atomic mass is 19.4. The number of amides is 2. The second-order valence-corrected chi connectivity index (χ2v) is 12.8. The third-order valence-electron chi connectivity index (χ3n) is 8.46. The van der Waals surface area contributed by atoms with E-state index in [0.29, 0.717) is 5.69 Å². The molecule has 0 aliphatic carbocycles. The van der Waals surface area contributed by atoms with Gasteiger partial charge >= 0.3 is 12.7 Å². The second kappa shape index (κ2) is 18.7. The van der Waals surface area contributed by atoms with Crippen molar-refractivity contribution in [1.82, 2.24) is 39.2 Å². The second-order valence-electron chi connectivity index (χ2n) is 12.8. The predicted molar refractivity (Wildman–Crippen MR) is 215 cm³/mol. The monoisotopic (exact) mass is 874 g/mol. The average molecular weight is 875 g/mol. The number of halogens is 7. The summed E-state index contributed by atoms with van der Waals surface area (Å²) in [5, 5.41) is 13.3. The van der Waals surface area contributed by atoms with Crippen molar-refractivity contribution < 1.29 is 49.8 Å². The maximum Gasteiger partial charge on any atom is 0.573 e. The molecular weight excluding hydrogens is 842 g/mol. The Labute approximate surface area is 352 Å². The van der Waals surface area contributed by atoms with Crippen LogP contribution in [0.3, 0.4) is 0 Å². The minimum Gasteiger partial charge on any atom is -0.405 e. The van der Waals surface area contributed by atoms with E-state index in [-0.39, 0.29) is 50.6 Å². The number of ether oxygens (including phenoxy) is 2. The zero-order valence-corrected chi connectivity index (χ0v) is 33.3. The number of aromatic nitrogens is 8. The highest BCUT2D eigenvalue weighted by Gasteiger charge is 2.33. The molecule has 2 amide bonds. The summed E-state index contributed by atoms with van der Waals surface area (Å²) in [6.45, 7) is 7.68. The molecule has 0 aliphatic heterocycles. The summed E-state index contributed by atoms with van der Waals surface area (Å²) in [5.41, 5.74) is 3.36. The number of nitrogens with zero attached hydrogens (tertiary/aromatic N) is 8. The Bertz CT molecular complexity index is 2920. The summed E-state index contributed by atoms with van der Waals surface area (Å²) in [7, 11) is 0. The molecule has 0 fully saturated rings. The van der Waals surface area contributed by atoms with Crippen LogP contribution in [0, 0.1) is 19.7 Å². The molecular formula is C42H33F7N10O4. The van der Waals surface area contributed by atoms with Crippen molar-refractivity contribution in [3.05, 3.63) is 144 Å². The molecule has 63 heavy (non-hydrogen) atoms. The van der Waals surface area contributed by atoms with E-state index in [1.54, 1.807) is 12.3 Å². The first-order valence-corrected chi connectivity index (χ1v) is 18.6. The van der Waals surface area contributed by atoms with Gasteiger partial charge in [-0.2, -0.15) is 10.2 Å². The molecule has 0 atom stereocenters. The minimum atomic E-state index is -4.87. The summed E-state index contributed by atoms with van der Waals surface area (Å²) in [4.78, 5) is 41.9. The molecule has 0 saturated heterocycles. The number of carbonyl (C=O) groups is 2. The van der Waals surface area contributed by atoms with Crippen molar-refractivity contribution in [2.24, 2.45) is 0 Å². The predicted octanol–water partition coefficient (Wildman–Crippen LogP) is 9.67. The molecule has 8 aromatic rings. The zero-order chi connectivity index (χ0) is 45.5. The van der Waals surface area contributed by atoms with E-state index in [4.69, 9.17) is 0 Å². The quantitative estimate of drug-likeness (QED) is 0.141. The number of benzene rings is 2. The summed E-state index contributed by atoms with van der Waals surface area (Å²) in [5.74, 6) is -2.55. The van der Waals surface area contributed by atoms with Gasteiger partial charge < -0.3 is 20.1 Å². The Morgan fingerprint density at radius 3 is 1.60 bits per heavy atom. The van der Waals surface area contributed by atoms with Gasteiger partial charge in [-0.05, 0) is 61.9 Å². The van der Waals surface area contributed by atoms with E-state index in [1.807, 2.05) is 33.8 Å². The van der Waals surface area contributed by atoms with Gasteiger partial charge in [0.25, 0.3) is 11.8 Å². The number of fused-ring (bicyclic) bond motifs is 2. The van der Waals surface area contributed by atoms with Gasteiger partial charge in [-0.3, -0.25) is 19.6 Å². The van der Waals surface area contributed by atoms with E-state index in [0.717, 1.165) is 29.6 Å².